The Morgan fingerprint density at radius 1 is 0.903 bits per heavy atom. The topological polar surface area (TPSA) is 75.7 Å². The normalized spacial score (nSPS) is 14.8. The zero-order valence-corrected chi connectivity index (χ0v) is 17.8. The summed E-state index contributed by atoms with van der Waals surface area (Å²) in [5.41, 5.74) is 3.02. The van der Waals surface area contributed by atoms with E-state index in [9.17, 15) is 13.2 Å². The van der Waals surface area contributed by atoms with Gasteiger partial charge in [-0.05, 0) is 41.8 Å². The fourth-order valence-corrected chi connectivity index (χ4v) is 5.03. The third-order valence-electron chi connectivity index (χ3n) is 5.20. The fraction of sp³-hybridized carbons (Fsp3) is 0.208. The van der Waals surface area contributed by atoms with Crippen LogP contribution in [0.2, 0.25) is 0 Å². The third kappa shape index (κ3) is 5.02. The van der Waals surface area contributed by atoms with Gasteiger partial charge in [-0.3, -0.25) is 4.79 Å². The van der Waals surface area contributed by atoms with E-state index in [0.717, 1.165) is 11.1 Å². The first kappa shape index (κ1) is 21.2. The molecule has 0 spiro atoms. The molecule has 3 aromatic rings. The Kier molecular flexibility index (Phi) is 6.46. The molecular weight excluding hydrogens is 412 g/mol. The maximum atomic E-state index is 13.0. The standard InChI is InChI=1S/C24H24N2O4S/c27-24(23-12-5-4-9-20(23)17-19-7-2-1-3-8-19)25-21-10-6-11-22(18-21)31(28,29)26-13-15-30-16-14-26/h1-12,18H,13-17H2,(H,25,27). The zero-order valence-electron chi connectivity index (χ0n) is 17.0. The number of hydrogen-bond acceptors (Lipinski definition) is 4. The Labute approximate surface area is 182 Å². The Bertz CT molecular complexity index is 1160. The number of hydrogen-bond donors (Lipinski definition) is 1. The summed E-state index contributed by atoms with van der Waals surface area (Å²) >= 11 is 0. The highest BCUT2D eigenvalue weighted by atomic mass is 32.2. The highest BCUT2D eigenvalue weighted by Crippen LogP contribution is 2.22. The molecular formula is C24H24N2O4S. The lowest BCUT2D eigenvalue weighted by atomic mass is 9.99. The van der Waals surface area contributed by atoms with Gasteiger partial charge in [0.1, 0.15) is 0 Å². The van der Waals surface area contributed by atoms with Gasteiger partial charge in [-0.25, -0.2) is 8.42 Å². The first-order valence-electron chi connectivity index (χ1n) is 10.2. The van der Waals surface area contributed by atoms with E-state index in [1.807, 2.05) is 48.5 Å². The van der Waals surface area contributed by atoms with Crippen LogP contribution in [0.3, 0.4) is 0 Å². The Morgan fingerprint density at radius 2 is 1.61 bits per heavy atom. The quantitative estimate of drug-likeness (QED) is 0.641. The van der Waals surface area contributed by atoms with E-state index in [4.69, 9.17) is 4.74 Å². The van der Waals surface area contributed by atoms with Crippen molar-refractivity contribution < 1.29 is 17.9 Å². The lowest BCUT2D eigenvalue weighted by Crippen LogP contribution is -2.40. The molecule has 1 heterocycles. The molecule has 0 unspecified atom stereocenters. The molecule has 1 aliphatic rings. The van der Waals surface area contributed by atoms with Gasteiger partial charge in [0.15, 0.2) is 0 Å². The minimum atomic E-state index is -3.63. The largest absolute Gasteiger partial charge is 0.379 e. The molecule has 1 amide bonds. The predicted molar refractivity (Wildman–Crippen MR) is 120 cm³/mol. The summed E-state index contributed by atoms with van der Waals surface area (Å²) < 4.78 is 32.5. The Balaban J connectivity index is 1.54. The highest BCUT2D eigenvalue weighted by molar-refractivity contribution is 7.89. The van der Waals surface area contributed by atoms with Crippen LogP contribution in [0.5, 0.6) is 0 Å². The van der Waals surface area contributed by atoms with Crippen LogP contribution in [-0.2, 0) is 21.2 Å². The lowest BCUT2D eigenvalue weighted by Gasteiger charge is -2.26. The van der Waals surface area contributed by atoms with Crippen LogP contribution < -0.4 is 5.32 Å². The number of carbonyl (C=O) groups is 1. The van der Waals surface area contributed by atoms with Gasteiger partial charge in [-0.15, -0.1) is 0 Å². The number of anilines is 1. The minimum Gasteiger partial charge on any atom is -0.379 e. The van der Waals surface area contributed by atoms with Crippen molar-refractivity contribution in [3.63, 3.8) is 0 Å². The SMILES string of the molecule is O=C(Nc1cccc(S(=O)(=O)N2CCOCC2)c1)c1ccccc1Cc1ccccc1. The van der Waals surface area contributed by atoms with E-state index in [-0.39, 0.29) is 10.8 Å². The van der Waals surface area contributed by atoms with Crippen molar-refractivity contribution in [2.75, 3.05) is 31.6 Å². The lowest BCUT2D eigenvalue weighted by molar-refractivity contribution is 0.0730. The van der Waals surface area contributed by atoms with Crippen molar-refractivity contribution in [3.8, 4) is 0 Å². The first-order valence-corrected chi connectivity index (χ1v) is 11.6. The Hall–Kier alpha value is -3.00. The van der Waals surface area contributed by atoms with Crippen LogP contribution in [0.4, 0.5) is 5.69 Å². The van der Waals surface area contributed by atoms with Gasteiger partial charge in [0.2, 0.25) is 10.0 Å². The van der Waals surface area contributed by atoms with Gasteiger partial charge in [-0.1, -0.05) is 54.6 Å². The summed E-state index contributed by atoms with van der Waals surface area (Å²) in [7, 11) is -3.63. The highest BCUT2D eigenvalue weighted by Gasteiger charge is 2.26. The van der Waals surface area contributed by atoms with Crippen LogP contribution in [0.25, 0.3) is 0 Å². The molecule has 31 heavy (non-hydrogen) atoms. The van der Waals surface area contributed by atoms with E-state index in [2.05, 4.69) is 5.32 Å². The first-order chi connectivity index (χ1) is 15.0. The van der Waals surface area contributed by atoms with E-state index >= 15 is 0 Å². The minimum absolute atomic E-state index is 0.157. The monoisotopic (exact) mass is 436 g/mol. The number of rotatable bonds is 6. The van der Waals surface area contributed by atoms with E-state index in [1.165, 1.54) is 10.4 Å². The average Bonchev–Trinajstić information content (AvgIpc) is 2.81. The molecule has 160 valence electrons. The van der Waals surface area contributed by atoms with Gasteiger partial charge in [0.25, 0.3) is 5.91 Å². The van der Waals surface area contributed by atoms with Gasteiger partial charge < -0.3 is 10.1 Å². The smallest absolute Gasteiger partial charge is 0.255 e. The number of amides is 1. The van der Waals surface area contributed by atoms with Crippen LogP contribution >= 0.6 is 0 Å². The molecule has 4 rings (SSSR count). The van der Waals surface area contributed by atoms with Gasteiger partial charge in [-0.2, -0.15) is 4.31 Å². The molecule has 3 aromatic carbocycles. The maximum Gasteiger partial charge on any atom is 0.255 e. The van der Waals surface area contributed by atoms with Gasteiger partial charge in [0.05, 0.1) is 18.1 Å². The van der Waals surface area contributed by atoms with Crippen LogP contribution in [0, 0.1) is 0 Å². The third-order valence-corrected chi connectivity index (χ3v) is 7.09. The molecule has 6 nitrogen and oxygen atoms in total. The molecule has 0 saturated carbocycles. The number of nitrogens with one attached hydrogen (secondary N) is 1. The van der Waals surface area contributed by atoms with E-state index in [0.29, 0.717) is 44.0 Å². The van der Waals surface area contributed by atoms with Gasteiger partial charge in [0, 0.05) is 24.3 Å². The summed E-state index contributed by atoms with van der Waals surface area (Å²) in [4.78, 5) is 13.2. The number of sulfonamides is 1. The molecule has 0 atom stereocenters. The van der Waals surface area contributed by atoms with Crippen molar-refractivity contribution in [2.24, 2.45) is 0 Å². The summed E-state index contributed by atoms with van der Waals surface area (Å²) in [5.74, 6) is -0.271. The Morgan fingerprint density at radius 3 is 2.39 bits per heavy atom. The molecule has 1 fully saturated rings. The molecule has 1 saturated heterocycles. The van der Waals surface area contributed by atoms with Crippen LogP contribution in [0.15, 0.2) is 83.8 Å². The fourth-order valence-electron chi connectivity index (χ4n) is 3.58. The second-order valence-corrected chi connectivity index (χ2v) is 9.26. The van der Waals surface area contributed by atoms with Crippen molar-refractivity contribution in [3.05, 3.63) is 95.6 Å². The summed E-state index contributed by atoms with van der Waals surface area (Å²) in [6.07, 6.45) is 0.635. The van der Waals surface area contributed by atoms with Crippen LogP contribution in [0.1, 0.15) is 21.5 Å². The van der Waals surface area contributed by atoms with E-state index < -0.39 is 10.0 Å². The van der Waals surface area contributed by atoms with Gasteiger partial charge >= 0.3 is 0 Å². The van der Waals surface area contributed by atoms with Crippen molar-refractivity contribution in [1.82, 2.24) is 4.31 Å². The molecule has 0 radical (unpaired) electrons. The molecule has 1 N–H and O–H groups in total. The summed E-state index contributed by atoms with van der Waals surface area (Å²) in [5, 5.41) is 2.85. The van der Waals surface area contributed by atoms with Crippen LogP contribution in [-0.4, -0.2) is 44.9 Å². The van der Waals surface area contributed by atoms with Crippen molar-refractivity contribution >= 4 is 21.6 Å². The molecule has 0 bridgehead atoms. The molecule has 0 aromatic heterocycles. The van der Waals surface area contributed by atoms with E-state index in [1.54, 1.807) is 24.3 Å². The number of ether oxygens (including phenoxy) is 1. The average molecular weight is 437 g/mol. The maximum absolute atomic E-state index is 13.0. The second kappa shape index (κ2) is 9.43. The number of morpholine rings is 1. The second-order valence-electron chi connectivity index (χ2n) is 7.32. The summed E-state index contributed by atoms with van der Waals surface area (Å²) in [6.45, 7) is 1.42. The number of benzene rings is 3. The molecule has 7 heteroatoms. The number of carbonyl (C=O) groups excluding carboxylic acids is 1. The number of nitrogens with zero attached hydrogens (tertiary/aromatic N) is 1. The molecule has 0 aliphatic carbocycles. The van der Waals surface area contributed by atoms with Crippen molar-refractivity contribution in [2.45, 2.75) is 11.3 Å². The van der Waals surface area contributed by atoms with Crippen molar-refractivity contribution in [1.29, 1.82) is 0 Å². The predicted octanol–water partition coefficient (Wildman–Crippen LogP) is 3.55. The zero-order chi connectivity index (χ0) is 21.7. The summed E-state index contributed by atoms with van der Waals surface area (Å²) in [6, 6.07) is 23.8. The molecule has 1 aliphatic heterocycles.